The molecule has 0 aliphatic carbocycles. The van der Waals surface area contributed by atoms with Crippen LogP contribution in [0.3, 0.4) is 0 Å². The number of nitro benzene ring substituents is 2. The van der Waals surface area contributed by atoms with Crippen molar-refractivity contribution in [3.63, 3.8) is 0 Å². The van der Waals surface area contributed by atoms with E-state index in [1.807, 2.05) is 0 Å². The molecule has 29 heavy (non-hydrogen) atoms. The van der Waals surface area contributed by atoms with Crippen molar-refractivity contribution in [3.05, 3.63) is 78.7 Å². The summed E-state index contributed by atoms with van der Waals surface area (Å²) in [6, 6.07) is 9.78. The first-order valence-corrected chi connectivity index (χ1v) is 8.93. The molecule has 10 nitrogen and oxygen atoms in total. The highest BCUT2D eigenvalue weighted by atomic mass is 32.2. The van der Waals surface area contributed by atoms with Crippen molar-refractivity contribution in [2.45, 2.75) is 6.54 Å². The summed E-state index contributed by atoms with van der Waals surface area (Å²) in [6.45, 7) is -0.0495. The maximum absolute atomic E-state index is 12.7. The number of carbonyl (C=O) groups excluding carboxylic acids is 2. The first-order chi connectivity index (χ1) is 13.8. The number of thioether (sulfide) groups is 1. The van der Waals surface area contributed by atoms with Gasteiger partial charge in [0.25, 0.3) is 16.8 Å². The SMILES string of the molecule is COc1c(/C=C2\SC(=O)N(Cc3ccc([N+](=O)[O-])cc3)C2=O)cccc1[N+](=O)[O-]. The number of rotatable bonds is 6. The number of hydrogen-bond acceptors (Lipinski definition) is 8. The Kier molecular flexibility index (Phi) is 5.59. The van der Waals surface area contributed by atoms with Crippen LogP contribution in [-0.4, -0.2) is 33.0 Å². The van der Waals surface area contributed by atoms with E-state index >= 15 is 0 Å². The molecule has 0 unspecified atom stereocenters. The minimum atomic E-state index is -0.601. The van der Waals surface area contributed by atoms with Gasteiger partial charge < -0.3 is 4.74 Å². The number of nitro groups is 2. The maximum atomic E-state index is 12.7. The van der Waals surface area contributed by atoms with Gasteiger partial charge in [0.1, 0.15) is 0 Å². The Labute approximate surface area is 168 Å². The van der Waals surface area contributed by atoms with Crippen LogP contribution in [0, 0.1) is 20.2 Å². The van der Waals surface area contributed by atoms with E-state index in [1.165, 1.54) is 55.7 Å². The molecule has 2 amide bonds. The monoisotopic (exact) mass is 415 g/mol. The van der Waals surface area contributed by atoms with Crippen LogP contribution >= 0.6 is 11.8 Å². The predicted molar refractivity (Wildman–Crippen MR) is 104 cm³/mol. The van der Waals surface area contributed by atoms with Crippen LogP contribution in [0.5, 0.6) is 5.75 Å². The molecule has 1 saturated heterocycles. The van der Waals surface area contributed by atoms with Gasteiger partial charge in [-0.2, -0.15) is 0 Å². The lowest BCUT2D eigenvalue weighted by atomic mass is 10.1. The van der Waals surface area contributed by atoms with Gasteiger partial charge in [-0.1, -0.05) is 24.3 Å². The van der Waals surface area contributed by atoms with E-state index in [2.05, 4.69) is 0 Å². The molecule has 0 bridgehead atoms. The third-order valence-corrected chi connectivity index (χ3v) is 4.98. The predicted octanol–water partition coefficient (Wildman–Crippen LogP) is 3.75. The van der Waals surface area contributed by atoms with Gasteiger partial charge in [-0.15, -0.1) is 0 Å². The molecule has 3 rings (SSSR count). The minimum Gasteiger partial charge on any atom is -0.490 e. The van der Waals surface area contributed by atoms with Crippen molar-refractivity contribution in [2.75, 3.05) is 7.11 Å². The number of carbonyl (C=O) groups is 2. The van der Waals surface area contributed by atoms with E-state index in [0.717, 1.165) is 4.90 Å². The molecule has 0 aromatic heterocycles. The number of ether oxygens (including phenoxy) is 1. The largest absolute Gasteiger partial charge is 0.490 e. The van der Waals surface area contributed by atoms with E-state index in [0.29, 0.717) is 22.9 Å². The number of methoxy groups -OCH3 is 1. The Bertz CT molecular complexity index is 1050. The van der Waals surface area contributed by atoms with Crippen molar-refractivity contribution < 1.29 is 24.2 Å². The van der Waals surface area contributed by atoms with Crippen LogP contribution in [0.15, 0.2) is 47.4 Å². The molecule has 0 radical (unpaired) electrons. The van der Waals surface area contributed by atoms with Gasteiger partial charge in [0.2, 0.25) is 5.75 Å². The molecule has 1 aliphatic heterocycles. The molecule has 0 saturated carbocycles. The molecule has 1 heterocycles. The average Bonchev–Trinajstić information content (AvgIpc) is 2.95. The normalized spacial score (nSPS) is 15.1. The summed E-state index contributed by atoms with van der Waals surface area (Å²) in [5.74, 6) is -0.577. The zero-order valence-corrected chi connectivity index (χ0v) is 15.8. The Morgan fingerprint density at radius 1 is 1.07 bits per heavy atom. The lowest BCUT2D eigenvalue weighted by Crippen LogP contribution is -2.27. The van der Waals surface area contributed by atoms with Crippen LogP contribution in [0.2, 0.25) is 0 Å². The van der Waals surface area contributed by atoms with Gasteiger partial charge in [0, 0.05) is 23.8 Å². The molecule has 1 fully saturated rings. The van der Waals surface area contributed by atoms with Gasteiger partial charge in [0.05, 0.1) is 28.4 Å². The summed E-state index contributed by atoms with van der Waals surface area (Å²) in [6.07, 6.45) is 1.37. The highest BCUT2D eigenvalue weighted by molar-refractivity contribution is 8.18. The lowest BCUT2D eigenvalue weighted by Gasteiger charge is -2.12. The summed E-state index contributed by atoms with van der Waals surface area (Å²) in [5.41, 5.74) is 0.488. The van der Waals surface area contributed by atoms with Crippen molar-refractivity contribution in [3.8, 4) is 5.75 Å². The van der Waals surface area contributed by atoms with Gasteiger partial charge in [0.15, 0.2) is 0 Å². The van der Waals surface area contributed by atoms with Crippen LogP contribution < -0.4 is 4.74 Å². The van der Waals surface area contributed by atoms with Gasteiger partial charge >= 0.3 is 5.69 Å². The van der Waals surface area contributed by atoms with E-state index in [-0.39, 0.29) is 28.6 Å². The van der Waals surface area contributed by atoms with Gasteiger partial charge in [-0.05, 0) is 23.4 Å². The highest BCUT2D eigenvalue weighted by Crippen LogP contribution is 2.37. The molecule has 11 heteroatoms. The standard InChI is InChI=1S/C18H13N3O7S/c1-28-16-12(3-2-4-14(16)21(26)27)9-15-17(22)19(18(23)29-15)10-11-5-7-13(8-6-11)20(24)25/h2-9H,10H2,1H3/b15-9-. The Morgan fingerprint density at radius 3 is 2.34 bits per heavy atom. The molecule has 2 aromatic carbocycles. The second-order valence-electron chi connectivity index (χ2n) is 5.85. The fourth-order valence-electron chi connectivity index (χ4n) is 2.71. The molecular weight excluding hydrogens is 402 g/mol. The molecular formula is C18H13N3O7S. The van der Waals surface area contributed by atoms with Gasteiger partial charge in [-0.25, -0.2) is 0 Å². The number of nitrogens with zero attached hydrogens (tertiary/aromatic N) is 3. The summed E-state index contributed by atoms with van der Waals surface area (Å²) in [7, 11) is 1.28. The van der Waals surface area contributed by atoms with Crippen molar-refractivity contribution in [1.29, 1.82) is 0 Å². The Morgan fingerprint density at radius 2 is 1.76 bits per heavy atom. The molecule has 1 aliphatic rings. The van der Waals surface area contributed by atoms with E-state index in [4.69, 9.17) is 4.74 Å². The molecule has 2 aromatic rings. The van der Waals surface area contributed by atoms with E-state index in [9.17, 15) is 29.8 Å². The van der Waals surface area contributed by atoms with Crippen molar-refractivity contribution >= 4 is 40.4 Å². The van der Waals surface area contributed by atoms with Crippen LogP contribution in [-0.2, 0) is 11.3 Å². The fourth-order valence-corrected chi connectivity index (χ4v) is 3.53. The van der Waals surface area contributed by atoms with Crippen molar-refractivity contribution in [1.82, 2.24) is 4.90 Å². The molecule has 0 atom stereocenters. The van der Waals surface area contributed by atoms with Gasteiger partial charge in [-0.3, -0.25) is 34.7 Å². The number of para-hydroxylation sites is 1. The number of benzene rings is 2. The summed E-state index contributed by atoms with van der Waals surface area (Å²) in [5, 5.41) is 21.3. The van der Waals surface area contributed by atoms with E-state index in [1.54, 1.807) is 0 Å². The number of amides is 2. The van der Waals surface area contributed by atoms with Crippen LogP contribution in [0.1, 0.15) is 11.1 Å². The maximum Gasteiger partial charge on any atom is 0.311 e. The summed E-state index contributed by atoms with van der Waals surface area (Å²) >= 11 is 0.702. The first-order valence-electron chi connectivity index (χ1n) is 8.12. The molecule has 0 N–H and O–H groups in total. The fraction of sp³-hybridized carbons (Fsp3) is 0.111. The number of non-ortho nitro benzene ring substituents is 1. The topological polar surface area (TPSA) is 133 Å². The lowest BCUT2D eigenvalue weighted by molar-refractivity contribution is -0.385. The van der Waals surface area contributed by atoms with Crippen molar-refractivity contribution in [2.24, 2.45) is 0 Å². The van der Waals surface area contributed by atoms with Crippen LogP contribution in [0.25, 0.3) is 6.08 Å². The summed E-state index contributed by atoms with van der Waals surface area (Å²) < 4.78 is 5.10. The zero-order chi connectivity index (χ0) is 21.1. The third kappa shape index (κ3) is 4.09. The Hall–Kier alpha value is -3.73. The smallest absolute Gasteiger partial charge is 0.311 e. The minimum absolute atomic E-state index is 0.0142. The molecule has 0 spiro atoms. The second kappa shape index (κ2) is 8.10. The summed E-state index contributed by atoms with van der Waals surface area (Å²) in [4.78, 5) is 46.7. The van der Waals surface area contributed by atoms with E-state index < -0.39 is 21.0 Å². The number of hydrogen-bond donors (Lipinski definition) is 0. The first kappa shape index (κ1) is 20.0. The zero-order valence-electron chi connectivity index (χ0n) is 14.9. The quantitative estimate of drug-likeness (QED) is 0.396. The number of imide groups is 1. The average molecular weight is 415 g/mol. The third-order valence-electron chi connectivity index (χ3n) is 4.07. The van der Waals surface area contributed by atoms with Crippen LogP contribution in [0.4, 0.5) is 16.2 Å². The Balaban J connectivity index is 1.86. The highest BCUT2D eigenvalue weighted by Gasteiger charge is 2.35. The second-order valence-corrected chi connectivity index (χ2v) is 6.84. The molecule has 148 valence electrons.